The van der Waals surface area contributed by atoms with E-state index in [9.17, 15) is 18.0 Å². The SMILES string of the molecule is Cc1cc(SCC2CCC(C)c3sc(-c4ccc(C(F)(F)F)cc4)nc32)ccc1OCC(=O)O. The van der Waals surface area contributed by atoms with Crippen LogP contribution in [-0.4, -0.2) is 28.4 Å². The number of hydrogen-bond acceptors (Lipinski definition) is 5. The topological polar surface area (TPSA) is 59.4 Å². The number of aromatic nitrogens is 1. The largest absolute Gasteiger partial charge is 0.482 e. The lowest BCUT2D eigenvalue weighted by molar-refractivity contribution is -0.139. The molecule has 34 heavy (non-hydrogen) atoms. The quantitative estimate of drug-likeness (QED) is 0.338. The van der Waals surface area contributed by atoms with Gasteiger partial charge in [0.25, 0.3) is 0 Å². The Morgan fingerprint density at radius 3 is 2.59 bits per heavy atom. The maximum atomic E-state index is 12.9. The summed E-state index contributed by atoms with van der Waals surface area (Å²) in [6.07, 6.45) is -2.29. The second-order valence-electron chi connectivity index (χ2n) is 8.44. The number of thioether (sulfide) groups is 1. The van der Waals surface area contributed by atoms with E-state index in [1.54, 1.807) is 29.2 Å². The Labute approximate surface area is 204 Å². The summed E-state index contributed by atoms with van der Waals surface area (Å²) in [6, 6.07) is 10.9. The second-order valence-corrected chi connectivity index (χ2v) is 10.6. The van der Waals surface area contributed by atoms with Crippen molar-refractivity contribution in [2.45, 2.75) is 49.6 Å². The van der Waals surface area contributed by atoms with E-state index >= 15 is 0 Å². The standard InChI is InChI=1S/C25H24F3NO3S2/c1-14-3-4-17(13-33-19-9-10-20(15(2)11-19)32-12-21(30)31)22-23(14)34-24(29-22)16-5-7-18(8-6-16)25(26,27)28/h5-11,14,17H,3-4,12-13H2,1-2H3,(H,30,31). The summed E-state index contributed by atoms with van der Waals surface area (Å²) in [7, 11) is 0. The van der Waals surface area contributed by atoms with Gasteiger partial charge in [0.2, 0.25) is 0 Å². The van der Waals surface area contributed by atoms with Crippen molar-refractivity contribution in [2.24, 2.45) is 0 Å². The van der Waals surface area contributed by atoms with Gasteiger partial charge in [-0.05, 0) is 61.6 Å². The number of carboxylic acid groups (broad SMARTS) is 1. The normalized spacial score (nSPS) is 17.9. The molecule has 1 heterocycles. The number of halogens is 3. The van der Waals surface area contributed by atoms with Crippen LogP contribution in [0.25, 0.3) is 10.6 Å². The third kappa shape index (κ3) is 5.58. The zero-order valence-electron chi connectivity index (χ0n) is 18.7. The smallest absolute Gasteiger partial charge is 0.416 e. The van der Waals surface area contributed by atoms with Crippen LogP contribution in [0.4, 0.5) is 13.2 Å². The number of fused-ring (bicyclic) bond motifs is 1. The van der Waals surface area contributed by atoms with Gasteiger partial charge in [-0.3, -0.25) is 0 Å². The molecule has 4 rings (SSSR count). The summed E-state index contributed by atoms with van der Waals surface area (Å²) in [4.78, 5) is 17.9. The monoisotopic (exact) mass is 507 g/mol. The summed E-state index contributed by atoms with van der Waals surface area (Å²) < 4.78 is 44.0. The third-order valence-corrected chi connectivity index (χ3v) is 8.38. The fourth-order valence-electron chi connectivity index (χ4n) is 4.01. The van der Waals surface area contributed by atoms with Crippen LogP contribution in [0.2, 0.25) is 0 Å². The van der Waals surface area contributed by atoms with Gasteiger partial charge in [0.1, 0.15) is 10.8 Å². The Balaban J connectivity index is 1.48. The fourth-order valence-corrected chi connectivity index (χ4v) is 6.39. The van der Waals surface area contributed by atoms with Gasteiger partial charge in [0.05, 0.1) is 11.3 Å². The molecule has 1 N–H and O–H groups in total. The van der Waals surface area contributed by atoms with E-state index in [0.717, 1.165) is 51.9 Å². The van der Waals surface area contributed by atoms with E-state index < -0.39 is 17.7 Å². The highest BCUT2D eigenvalue weighted by atomic mass is 32.2. The number of aryl methyl sites for hydroxylation is 1. The number of nitrogens with zero attached hydrogens (tertiary/aromatic N) is 1. The van der Waals surface area contributed by atoms with Crippen molar-refractivity contribution in [3.8, 4) is 16.3 Å². The van der Waals surface area contributed by atoms with E-state index in [0.29, 0.717) is 17.2 Å². The lowest BCUT2D eigenvalue weighted by Crippen LogP contribution is -2.13. The number of thiazole rings is 1. The van der Waals surface area contributed by atoms with Gasteiger partial charge in [0, 0.05) is 27.0 Å². The number of carbonyl (C=O) groups is 1. The van der Waals surface area contributed by atoms with Crippen LogP contribution in [0.5, 0.6) is 5.75 Å². The molecule has 0 aliphatic heterocycles. The third-order valence-electron chi connectivity index (χ3n) is 5.87. The van der Waals surface area contributed by atoms with Crippen LogP contribution < -0.4 is 4.74 Å². The van der Waals surface area contributed by atoms with Crippen molar-refractivity contribution >= 4 is 29.1 Å². The molecular formula is C25H24F3NO3S2. The number of aliphatic carboxylic acids is 1. The lowest BCUT2D eigenvalue weighted by atomic mass is 9.86. The van der Waals surface area contributed by atoms with Crippen molar-refractivity contribution in [3.63, 3.8) is 0 Å². The molecule has 0 amide bonds. The van der Waals surface area contributed by atoms with Crippen molar-refractivity contribution < 1.29 is 27.8 Å². The number of benzene rings is 2. The average Bonchev–Trinajstić information content (AvgIpc) is 3.24. The molecular weight excluding hydrogens is 483 g/mol. The maximum absolute atomic E-state index is 12.9. The van der Waals surface area contributed by atoms with Crippen LogP contribution in [0.3, 0.4) is 0 Å². The Morgan fingerprint density at radius 1 is 1.21 bits per heavy atom. The van der Waals surface area contributed by atoms with Crippen LogP contribution in [0.15, 0.2) is 47.4 Å². The van der Waals surface area contributed by atoms with Crippen LogP contribution in [0.1, 0.15) is 53.3 Å². The molecule has 3 aromatic rings. The van der Waals surface area contributed by atoms with Crippen molar-refractivity contribution in [1.82, 2.24) is 4.98 Å². The maximum Gasteiger partial charge on any atom is 0.416 e. The van der Waals surface area contributed by atoms with Crippen LogP contribution in [-0.2, 0) is 11.0 Å². The molecule has 2 atom stereocenters. The molecule has 4 nitrogen and oxygen atoms in total. The second kappa shape index (κ2) is 10.00. The van der Waals surface area contributed by atoms with Crippen molar-refractivity contribution in [2.75, 3.05) is 12.4 Å². The van der Waals surface area contributed by atoms with E-state index in [4.69, 9.17) is 14.8 Å². The highest BCUT2D eigenvalue weighted by Crippen LogP contribution is 2.45. The molecule has 2 aromatic carbocycles. The molecule has 9 heteroatoms. The van der Waals surface area contributed by atoms with E-state index in [1.807, 2.05) is 19.1 Å². The van der Waals surface area contributed by atoms with Gasteiger partial charge < -0.3 is 9.84 Å². The minimum atomic E-state index is -4.35. The van der Waals surface area contributed by atoms with Gasteiger partial charge in [0.15, 0.2) is 6.61 Å². The van der Waals surface area contributed by atoms with Crippen LogP contribution in [0, 0.1) is 6.92 Å². The predicted octanol–water partition coefficient (Wildman–Crippen LogP) is 7.37. The molecule has 0 fully saturated rings. The summed E-state index contributed by atoms with van der Waals surface area (Å²) in [5.74, 6) is 1.02. The first kappa shape index (κ1) is 24.6. The number of rotatable bonds is 7. The highest BCUT2D eigenvalue weighted by molar-refractivity contribution is 7.99. The van der Waals surface area contributed by atoms with Gasteiger partial charge in [-0.2, -0.15) is 13.2 Å². The summed E-state index contributed by atoms with van der Waals surface area (Å²) in [5.41, 5.74) is 1.99. The number of alkyl halides is 3. The highest BCUT2D eigenvalue weighted by Gasteiger charge is 2.31. The molecule has 2 unspecified atom stereocenters. The number of hydrogen-bond donors (Lipinski definition) is 1. The van der Waals surface area contributed by atoms with Gasteiger partial charge in [-0.1, -0.05) is 19.1 Å². The zero-order valence-corrected chi connectivity index (χ0v) is 20.3. The number of carboxylic acids is 1. The number of ether oxygens (including phenoxy) is 1. The minimum absolute atomic E-state index is 0.263. The average molecular weight is 508 g/mol. The predicted molar refractivity (Wildman–Crippen MR) is 128 cm³/mol. The molecule has 0 bridgehead atoms. The zero-order chi connectivity index (χ0) is 24.5. The molecule has 0 radical (unpaired) electrons. The molecule has 0 saturated carbocycles. The van der Waals surface area contributed by atoms with E-state index in [1.165, 1.54) is 17.0 Å². The Bertz CT molecular complexity index is 1180. The molecule has 0 spiro atoms. The van der Waals surface area contributed by atoms with Crippen molar-refractivity contribution in [3.05, 3.63) is 64.2 Å². The van der Waals surface area contributed by atoms with Gasteiger partial charge in [-0.15, -0.1) is 23.1 Å². The van der Waals surface area contributed by atoms with Gasteiger partial charge in [-0.25, -0.2) is 9.78 Å². The molecule has 180 valence electrons. The Hall–Kier alpha value is -2.52. The van der Waals surface area contributed by atoms with Crippen LogP contribution >= 0.6 is 23.1 Å². The summed E-state index contributed by atoms with van der Waals surface area (Å²) in [6.45, 7) is 3.69. The lowest BCUT2D eigenvalue weighted by Gasteiger charge is -2.25. The fraction of sp³-hybridized carbons (Fsp3) is 0.360. The van der Waals surface area contributed by atoms with E-state index in [2.05, 4.69) is 6.92 Å². The summed E-state index contributed by atoms with van der Waals surface area (Å²) >= 11 is 3.30. The first-order chi connectivity index (χ1) is 16.1. The first-order valence-electron chi connectivity index (χ1n) is 10.9. The van der Waals surface area contributed by atoms with Crippen molar-refractivity contribution in [1.29, 1.82) is 0 Å². The Morgan fingerprint density at radius 2 is 1.94 bits per heavy atom. The molecule has 1 aliphatic carbocycles. The Kier molecular flexibility index (Phi) is 7.23. The molecule has 1 aromatic heterocycles. The van der Waals surface area contributed by atoms with Gasteiger partial charge >= 0.3 is 12.1 Å². The summed E-state index contributed by atoms with van der Waals surface area (Å²) in [5, 5.41) is 9.55. The minimum Gasteiger partial charge on any atom is -0.482 e. The molecule has 1 aliphatic rings. The first-order valence-corrected chi connectivity index (χ1v) is 12.7. The molecule has 0 saturated heterocycles. The van der Waals surface area contributed by atoms with E-state index in [-0.39, 0.29) is 12.5 Å².